The van der Waals surface area contributed by atoms with Gasteiger partial charge in [0.15, 0.2) is 0 Å². The molecule has 0 atom stereocenters. The SMILES string of the molecule is Cc1cncc(-c2nc(C(=O)O)no2)c1. The molecule has 0 amide bonds. The number of aryl methyl sites for hydroxylation is 1. The van der Waals surface area contributed by atoms with E-state index in [1.54, 1.807) is 12.3 Å². The molecule has 0 fully saturated rings. The lowest BCUT2D eigenvalue weighted by Gasteiger charge is -1.93. The first-order valence-corrected chi connectivity index (χ1v) is 4.16. The first-order valence-electron chi connectivity index (χ1n) is 4.16. The van der Waals surface area contributed by atoms with Gasteiger partial charge in [0.25, 0.3) is 11.7 Å². The number of pyridine rings is 1. The second-order valence-corrected chi connectivity index (χ2v) is 2.98. The van der Waals surface area contributed by atoms with E-state index in [1.807, 2.05) is 6.92 Å². The lowest BCUT2D eigenvalue weighted by Crippen LogP contribution is -1.98. The van der Waals surface area contributed by atoms with Gasteiger partial charge in [-0.25, -0.2) is 4.79 Å². The van der Waals surface area contributed by atoms with Crippen molar-refractivity contribution in [2.75, 3.05) is 0 Å². The molecule has 0 radical (unpaired) electrons. The lowest BCUT2D eigenvalue weighted by molar-refractivity contribution is 0.0680. The van der Waals surface area contributed by atoms with Crippen LogP contribution in [0.25, 0.3) is 11.5 Å². The molecule has 6 heteroatoms. The highest BCUT2D eigenvalue weighted by Crippen LogP contribution is 2.16. The molecule has 6 nitrogen and oxygen atoms in total. The number of carboxylic acids is 1. The van der Waals surface area contributed by atoms with Gasteiger partial charge in [0.2, 0.25) is 0 Å². The van der Waals surface area contributed by atoms with Gasteiger partial charge in [-0.2, -0.15) is 4.98 Å². The standard InChI is InChI=1S/C9H7N3O3/c1-5-2-6(4-10-3-5)8-11-7(9(13)14)12-15-8/h2-4H,1H3,(H,13,14). The Balaban J connectivity index is 2.41. The Bertz CT molecular complexity index is 507. The van der Waals surface area contributed by atoms with Crippen molar-refractivity contribution in [2.45, 2.75) is 6.92 Å². The van der Waals surface area contributed by atoms with Crippen molar-refractivity contribution in [1.29, 1.82) is 0 Å². The smallest absolute Gasteiger partial charge is 0.377 e. The van der Waals surface area contributed by atoms with Crippen LogP contribution < -0.4 is 0 Å². The summed E-state index contributed by atoms with van der Waals surface area (Å²) in [6.07, 6.45) is 3.21. The Morgan fingerprint density at radius 3 is 2.87 bits per heavy atom. The van der Waals surface area contributed by atoms with Crippen LogP contribution in [-0.2, 0) is 0 Å². The molecule has 2 rings (SSSR count). The van der Waals surface area contributed by atoms with Crippen molar-refractivity contribution in [2.24, 2.45) is 0 Å². The maximum Gasteiger partial charge on any atom is 0.377 e. The van der Waals surface area contributed by atoms with E-state index in [0.29, 0.717) is 5.56 Å². The third-order valence-corrected chi connectivity index (χ3v) is 1.74. The molecule has 0 saturated heterocycles. The van der Waals surface area contributed by atoms with Gasteiger partial charge < -0.3 is 9.63 Å². The first-order chi connectivity index (χ1) is 7.16. The summed E-state index contributed by atoms with van der Waals surface area (Å²) in [4.78, 5) is 18.2. The zero-order valence-corrected chi connectivity index (χ0v) is 7.84. The topological polar surface area (TPSA) is 89.1 Å². The summed E-state index contributed by atoms with van der Waals surface area (Å²) < 4.78 is 4.79. The Labute approximate surface area is 84.6 Å². The molecule has 0 aliphatic heterocycles. The molecule has 1 N–H and O–H groups in total. The van der Waals surface area contributed by atoms with Gasteiger partial charge >= 0.3 is 5.97 Å². The predicted molar refractivity (Wildman–Crippen MR) is 49.2 cm³/mol. The van der Waals surface area contributed by atoms with Gasteiger partial charge in [0, 0.05) is 12.4 Å². The molecule has 2 heterocycles. The van der Waals surface area contributed by atoms with Gasteiger partial charge in [0.1, 0.15) is 0 Å². The fraction of sp³-hybridized carbons (Fsp3) is 0.111. The van der Waals surface area contributed by atoms with Crippen LogP contribution >= 0.6 is 0 Å². The molecule has 0 aliphatic rings. The minimum atomic E-state index is -1.22. The van der Waals surface area contributed by atoms with E-state index < -0.39 is 5.97 Å². The molecule has 2 aromatic heterocycles. The van der Waals surface area contributed by atoms with Crippen LogP contribution in [0.4, 0.5) is 0 Å². The highest BCUT2D eigenvalue weighted by molar-refractivity contribution is 5.83. The third-order valence-electron chi connectivity index (χ3n) is 1.74. The maximum atomic E-state index is 10.5. The molecule has 2 aromatic rings. The Kier molecular flexibility index (Phi) is 2.17. The van der Waals surface area contributed by atoms with Crippen LogP contribution in [0.2, 0.25) is 0 Å². The average molecular weight is 205 g/mol. The Hall–Kier alpha value is -2.24. The summed E-state index contributed by atoms with van der Waals surface area (Å²) in [6.45, 7) is 1.87. The maximum absolute atomic E-state index is 10.5. The molecule has 0 spiro atoms. The van der Waals surface area contributed by atoms with Crippen molar-refractivity contribution >= 4 is 5.97 Å². The van der Waals surface area contributed by atoms with E-state index in [-0.39, 0.29) is 11.7 Å². The summed E-state index contributed by atoms with van der Waals surface area (Å²) in [5.41, 5.74) is 1.54. The van der Waals surface area contributed by atoms with Crippen molar-refractivity contribution < 1.29 is 14.4 Å². The van der Waals surface area contributed by atoms with Crippen LogP contribution in [0.5, 0.6) is 0 Å². The molecule has 76 valence electrons. The van der Waals surface area contributed by atoms with Gasteiger partial charge in [-0.15, -0.1) is 0 Å². The normalized spacial score (nSPS) is 10.2. The van der Waals surface area contributed by atoms with Gasteiger partial charge in [0.05, 0.1) is 5.56 Å². The van der Waals surface area contributed by atoms with E-state index in [2.05, 4.69) is 15.1 Å². The van der Waals surface area contributed by atoms with E-state index in [9.17, 15) is 4.79 Å². The summed E-state index contributed by atoms with van der Waals surface area (Å²) in [6, 6.07) is 1.78. The van der Waals surface area contributed by atoms with Crippen LogP contribution in [0.15, 0.2) is 23.0 Å². The fourth-order valence-electron chi connectivity index (χ4n) is 1.10. The summed E-state index contributed by atoms with van der Waals surface area (Å²) in [7, 11) is 0. The zero-order valence-electron chi connectivity index (χ0n) is 7.84. The van der Waals surface area contributed by atoms with Gasteiger partial charge in [-0.1, -0.05) is 0 Å². The summed E-state index contributed by atoms with van der Waals surface area (Å²) in [5.74, 6) is -1.42. The third kappa shape index (κ3) is 1.83. The zero-order chi connectivity index (χ0) is 10.8. The van der Waals surface area contributed by atoms with Crippen molar-refractivity contribution in [3.63, 3.8) is 0 Å². The molecular formula is C9H7N3O3. The van der Waals surface area contributed by atoms with E-state index >= 15 is 0 Å². The number of hydrogen-bond acceptors (Lipinski definition) is 5. The molecule has 0 bridgehead atoms. The lowest BCUT2D eigenvalue weighted by atomic mass is 10.2. The average Bonchev–Trinajstić information content (AvgIpc) is 2.66. The molecule has 0 aromatic carbocycles. The second kappa shape index (κ2) is 3.49. The molecule has 0 unspecified atom stereocenters. The highest BCUT2D eigenvalue weighted by Gasteiger charge is 2.14. The van der Waals surface area contributed by atoms with Gasteiger partial charge in [-0.3, -0.25) is 4.98 Å². The molecule has 0 aliphatic carbocycles. The summed E-state index contributed by atoms with van der Waals surface area (Å²) >= 11 is 0. The van der Waals surface area contributed by atoms with E-state index in [0.717, 1.165) is 5.56 Å². The quantitative estimate of drug-likeness (QED) is 0.790. The Morgan fingerprint density at radius 2 is 2.27 bits per heavy atom. The monoisotopic (exact) mass is 205 g/mol. The largest absolute Gasteiger partial charge is 0.475 e. The minimum Gasteiger partial charge on any atom is -0.475 e. The minimum absolute atomic E-state index is 0.156. The number of nitrogens with zero attached hydrogens (tertiary/aromatic N) is 3. The van der Waals surface area contributed by atoms with E-state index in [1.165, 1.54) is 6.20 Å². The number of hydrogen-bond donors (Lipinski definition) is 1. The van der Waals surface area contributed by atoms with Crippen LogP contribution in [0.3, 0.4) is 0 Å². The first kappa shape index (κ1) is 9.32. The molecular weight excluding hydrogens is 198 g/mol. The molecule has 15 heavy (non-hydrogen) atoms. The van der Waals surface area contributed by atoms with Crippen LogP contribution in [-0.4, -0.2) is 26.2 Å². The Morgan fingerprint density at radius 1 is 1.47 bits per heavy atom. The fourth-order valence-corrected chi connectivity index (χ4v) is 1.10. The second-order valence-electron chi connectivity index (χ2n) is 2.98. The van der Waals surface area contributed by atoms with Crippen LogP contribution in [0.1, 0.15) is 16.2 Å². The summed E-state index contributed by atoms with van der Waals surface area (Å²) in [5, 5.41) is 11.9. The number of rotatable bonds is 2. The molecule has 0 saturated carbocycles. The number of carboxylic acid groups (broad SMARTS) is 1. The predicted octanol–water partition coefficient (Wildman–Crippen LogP) is 1.14. The van der Waals surface area contributed by atoms with Crippen molar-refractivity contribution in [1.82, 2.24) is 15.1 Å². The number of aromatic nitrogens is 3. The van der Waals surface area contributed by atoms with Crippen molar-refractivity contribution in [3.05, 3.63) is 29.8 Å². The highest BCUT2D eigenvalue weighted by atomic mass is 16.5. The van der Waals surface area contributed by atoms with E-state index in [4.69, 9.17) is 9.63 Å². The number of aromatic carboxylic acids is 1. The van der Waals surface area contributed by atoms with Gasteiger partial charge in [-0.05, 0) is 23.7 Å². The van der Waals surface area contributed by atoms with Crippen molar-refractivity contribution in [3.8, 4) is 11.5 Å². The number of carbonyl (C=O) groups is 1. The van der Waals surface area contributed by atoms with Crippen LogP contribution in [0, 0.1) is 6.92 Å².